The predicted molar refractivity (Wildman–Crippen MR) is 113 cm³/mol. The second-order valence-electron chi connectivity index (χ2n) is 9.19. The Balaban J connectivity index is 5.32. The molecule has 0 amide bonds. The number of hydrogen-bond acceptors (Lipinski definition) is 1. The van der Waals surface area contributed by atoms with Gasteiger partial charge in [-0.05, 0) is 0 Å². The molecular weight excluding hydrogens is 403 g/mol. The van der Waals surface area contributed by atoms with Crippen LogP contribution in [0.5, 0.6) is 0 Å². The first-order valence-electron chi connectivity index (χ1n) is 10.2. The Morgan fingerprint density at radius 1 is 0.826 bits per heavy atom. The fraction of sp³-hybridized carbons (Fsp3) is 1.00. The van der Waals surface area contributed by atoms with Gasteiger partial charge in [-0.1, -0.05) is 0 Å². The van der Waals surface area contributed by atoms with E-state index in [1.807, 2.05) is 0 Å². The molecule has 0 aromatic heterocycles. The van der Waals surface area contributed by atoms with Crippen LogP contribution in [0.4, 0.5) is 0 Å². The Labute approximate surface area is 153 Å². The van der Waals surface area contributed by atoms with Crippen molar-refractivity contribution in [1.82, 2.24) is 0 Å². The first-order chi connectivity index (χ1) is 10.6. The van der Waals surface area contributed by atoms with E-state index in [0.717, 1.165) is 0 Å². The summed E-state index contributed by atoms with van der Waals surface area (Å²) in [5, 5.41) is 0.332. The van der Waals surface area contributed by atoms with Gasteiger partial charge in [-0.15, -0.1) is 0 Å². The minimum atomic E-state index is -2.23. The molecule has 0 bridgehead atoms. The summed E-state index contributed by atoms with van der Waals surface area (Å²) in [6, 6.07) is 0. The molecule has 0 saturated carbocycles. The molecule has 0 aliphatic carbocycles. The molecule has 1 atom stereocenters. The van der Waals surface area contributed by atoms with Crippen LogP contribution in [0.3, 0.4) is 0 Å². The zero-order valence-electron chi connectivity index (χ0n) is 17.8. The van der Waals surface area contributed by atoms with Gasteiger partial charge in [0.2, 0.25) is 0 Å². The molecule has 1 unspecified atom stereocenters. The van der Waals surface area contributed by atoms with E-state index in [0.29, 0.717) is 9.16 Å². The first-order valence-corrected chi connectivity index (χ1v) is 20.8. The van der Waals surface area contributed by atoms with E-state index >= 15 is 0 Å². The average Bonchev–Trinajstić information content (AvgIpc) is 2.45. The summed E-state index contributed by atoms with van der Waals surface area (Å²) < 4.78 is 12.3. The Bertz CT molecular complexity index is 287. The van der Waals surface area contributed by atoms with Crippen LogP contribution in [0.1, 0.15) is 87.0 Å². The van der Waals surface area contributed by atoms with E-state index in [4.69, 9.17) is 4.43 Å². The normalized spacial score (nSPS) is 15.0. The van der Waals surface area contributed by atoms with E-state index in [2.05, 4.69) is 61.6 Å². The van der Waals surface area contributed by atoms with Crippen molar-refractivity contribution >= 4 is 26.7 Å². The fourth-order valence-corrected chi connectivity index (χ4v) is 24.1. The van der Waals surface area contributed by atoms with Crippen molar-refractivity contribution in [1.29, 1.82) is 0 Å². The van der Waals surface area contributed by atoms with Crippen molar-refractivity contribution in [3.8, 4) is 0 Å². The van der Waals surface area contributed by atoms with Gasteiger partial charge < -0.3 is 0 Å². The van der Waals surface area contributed by atoms with Crippen LogP contribution in [0.2, 0.25) is 31.4 Å². The number of unbranched alkanes of at least 4 members (excludes halogenated alkanes) is 3. The molecule has 0 fully saturated rings. The molecular formula is C20H46OSiSn. The molecule has 0 aliphatic heterocycles. The third-order valence-electron chi connectivity index (χ3n) is 6.22. The summed E-state index contributed by atoms with van der Waals surface area (Å²) in [5.41, 5.74) is 0. The van der Waals surface area contributed by atoms with E-state index in [9.17, 15) is 0 Å². The SMILES string of the molecule is CCC[CH2][Sn]([CH2]CCC)([CH2]CCC)[CH](C)O[Si](C)(C)C(C)(C)C. The van der Waals surface area contributed by atoms with Gasteiger partial charge in [-0.2, -0.15) is 0 Å². The summed E-state index contributed by atoms with van der Waals surface area (Å²) in [6.45, 7) is 21.6. The number of hydrogen-bond donors (Lipinski definition) is 0. The van der Waals surface area contributed by atoms with E-state index in [-0.39, 0.29) is 0 Å². The van der Waals surface area contributed by atoms with Crippen molar-refractivity contribution in [2.75, 3.05) is 0 Å². The van der Waals surface area contributed by atoms with Crippen LogP contribution in [0, 0.1) is 0 Å². The Hall–Kier alpha value is 0.976. The van der Waals surface area contributed by atoms with Gasteiger partial charge in [0.1, 0.15) is 0 Å². The summed E-state index contributed by atoms with van der Waals surface area (Å²) in [5.74, 6) is 0. The zero-order valence-corrected chi connectivity index (χ0v) is 21.7. The average molecular weight is 449 g/mol. The van der Waals surface area contributed by atoms with Gasteiger partial charge in [0.05, 0.1) is 0 Å². The molecule has 23 heavy (non-hydrogen) atoms. The third-order valence-corrected chi connectivity index (χ3v) is 28.3. The van der Waals surface area contributed by atoms with Gasteiger partial charge in [-0.25, -0.2) is 0 Å². The van der Waals surface area contributed by atoms with Crippen LogP contribution < -0.4 is 0 Å². The Morgan fingerprint density at radius 2 is 1.17 bits per heavy atom. The molecule has 0 saturated heterocycles. The molecule has 0 aliphatic rings. The fourth-order valence-electron chi connectivity index (χ4n) is 3.32. The maximum atomic E-state index is 6.99. The summed E-state index contributed by atoms with van der Waals surface area (Å²) >= 11 is -2.23. The molecule has 0 aromatic rings. The minimum absolute atomic E-state index is 0.332. The molecule has 140 valence electrons. The molecule has 0 aromatic carbocycles. The summed E-state index contributed by atoms with van der Waals surface area (Å²) in [4.78, 5) is 0. The predicted octanol–water partition coefficient (Wildman–Crippen LogP) is 7.79. The Morgan fingerprint density at radius 3 is 1.43 bits per heavy atom. The van der Waals surface area contributed by atoms with Gasteiger partial charge in [0.15, 0.2) is 0 Å². The summed E-state index contributed by atoms with van der Waals surface area (Å²) in [7, 11) is -1.64. The van der Waals surface area contributed by atoms with Gasteiger partial charge in [-0.3, -0.25) is 0 Å². The molecule has 1 nitrogen and oxygen atoms in total. The van der Waals surface area contributed by atoms with Crippen LogP contribution in [0.25, 0.3) is 0 Å². The van der Waals surface area contributed by atoms with Crippen molar-refractivity contribution in [2.24, 2.45) is 0 Å². The van der Waals surface area contributed by atoms with E-state index in [1.54, 1.807) is 13.3 Å². The van der Waals surface area contributed by atoms with Gasteiger partial charge in [0.25, 0.3) is 0 Å². The topological polar surface area (TPSA) is 9.23 Å². The van der Waals surface area contributed by atoms with Gasteiger partial charge in [0, 0.05) is 0 Å². The van der Waals surface area contributed by atoms with Crippen molar-refractivity contribution in [3.63, 3.8) is 0 Å². The molecule has 0 spiro atoms. The molecule has 3 heteroatoms. The maximum absolute atomic E-state index is 6.99. The zero-order chi connectivity index (χ0) is 18.1. The van der Waals surface area contributed by atoms with Crippen molar-refractivity contribution in [3.05, 3.63) is 0 Å². The second kappa shape index (κ2) is 10.9. The van der Waals surface area contributed by atoms with Gasteiger partial charge >= 0.3 is 154 Å². The van der Waals surface area contributed by atoms with Crippen molar-refractivity contribution < 1.29 is 4.43 Å². The first kappa shape index (κ1) is 24.0. The van der Waals surface area contributed by atoms with Crippen LogP contribution in [-0.4, -0.2) is 30.8 Å². The summed E-state index contributed by atoms with van der Waals surface area (Å²) in [6.07, 6.45) is 8.37. The molecule has 0 rings (SSSR count). The second-order valence-corrected chi connectivity index (χ2v) is 28.3. The molecule has 0 radical (unpaired) electrons. The van der Waals surface area contributed by atoms with Crippen LogP contribution >= 0.6 is 0 Å². The van der Waals surface area contributed by atoms with Crippen LogP contribution in [-0.2, 0) is 4.43 Å². The van der Waals surface area contributed by atoms with E-state index < -0.39 is 26.7 Å². The Kier molecular flexibility index (Phi) is 11.3. The van der Waals surface area contributed by atoms with Crippen LogP contribution in [0.15, 0.2) is 0 Å². The third kappa shape index (κ3) is 7.81. The molecule has 0 heterocycles. The monoisotopic (exact) mass is 450 g/mol. The quantitative estimate of drug-likeness (QED) is 0.277. The van der Waals surface area contributed by atoms with E-state index in [1.165, 1.54) is 38.5 Å². The van der Waals surface area contributed by atoms with Crippen molar-refractivity contribution in [2.45, 2.75) is 123 Å². The molecule has 0 N–H and O–H groups in total. The standard InChI is InChI=1S/C8H19OSi.3C4H9.Sn/c1-7-9-10(5,6)8(2,3)4;3*1-3-4-2;/h7H,1-6H3;3*1,3-4H2,2H3;. The number of rotatable bonds is 12.